The summed E-state index contributed by atoms with van der Waals surface area (Å²) in [6, 6.07) is 10.8. The molecule has 0 radical (unpaired) electrons. The first kappa shape index (κ1) is 16.2. The molecule has 0 aliphatic carbocycles. The molecule has 0 spiro atoms. The molecule has 1 aromatic carbocycles. The van der Waals surface area contributed by atoms with Crippen molar-refractivity contribution >= 4 is 23.0 Å². The summed E-state index contributed by atoms with van der Waals surface area (Å²) < 4.78 is 5.84. The van der Waals surface area contributed by atoms with Gasteiger partial charge in [-0.25, -0.2) is 9.97 Å². The standard InChI is InChI=1S/C18H15N5O2/c1-23(2)18(24)13(10-19)8-12-4-3-5-14(9-12)25-17-15-6-7-20-16(15)21-11-22-17/h3-9,11H,1-2H3,(H,20,21,22)/b13-8+. The maximum absolute atomic E-state index is 12.0. The lowest BCUT2D eigenvalue weighted by Crippen LogP contribution is -2.22. The van der Waals surface area contributed by atoms with Crippen LogP contribution in [0.3, 0.4) is 0 Å². The molecule has 3 aromatic rings. The molecule has 0 saturated heterocycles. The van der Waals surface area contributed by atoms with Crippen LogP contribution in [0.5, 0.6) is 11.6 Å². The molecule has 7 heteroatoms. The Kier molecular flexibility index (Phi) is 4.44. The van der Waals surface area contributed by atoms with Gasteiger partial charge in [-0.05, 0) is 29.8 Å². The lowest BCUT2D eigenvalue weighted by Gasteiger charge is -2.09. The van der Waals surface area contributed by atoms with E-state index in [2.05, 4.69) is 15.0 Å². The Morgan fingerprint density at radius 3 is 2.92 bits per heavy atom. The van der Waals surface area contributed by atoms with Crippen LogP contribution in [0.15, 0.2) is 48.4 Å². The van der Waals surface area contributed by atoms with Crippen molar-refractivity contribution in [2.45, 2.75) is 0 Å². The van der Waals surface area contributed by atoms with Crippen molar-refractivity contribution in [2.24, 2.45) is 0 Å². The number of nitrogens with one attached hydrogen (secondary N) is 1. The van der Waals surface area contributed by atoms with Crippen LogP contribution in [0.25, 0.3) is 17.1 Å². The first-order valence-corrected chi connectivity index (χ1v) is 7.48. The molecule has 0 bridgehead atoms. The van der Waals surface area contributed by atoms with Crippen LogP contribution in [0.4, 0.5) is 0 Å². The van der Waals surface area contributed by atoms with Gasteiger partial charge in [0.15, 0.2) is 0 Å². The molecule has 0 aliphatic heterocycles. The quantitative estimate of drug-likeness (QED) is 0.585. The normalized spacial score (nSPS) is 11.2. The minimum Gasteiger partial charge on any atom is -0.438 e. The van der Waals surface area contributed by atoms with Crippen LogP contribution < -0.4 is 4.74 Å². The summed E-state index contributed by atoms with van der Waals surface area (Å²) in [5.41, 5.74) is 1.42. The van der Waals surface area contributed by atoms with Crippen LogP contribution in [0.2, 0.25) is 0 Å². The molecular weight excluding hydrogens is 318 g/mol. The number of aromatic amines is 1. The van der Waals surface area contributed by atoms with E-state index < -0.39 is 0 Å². The van der Waals surface area contributed by atoms with E-state index in [9.17, 15) is 10.1 Å². The summed E-state index contributed by atoms with van der Waals surface area (Å²) in [7, 11) is 3.20. The van der Waals surface area contributed by atoms with Gasteiger partial charge in [0.2, 0.25) is 5.88 Å². The average molecular weight is 333 g/mol. The highest BCUT2D eigenvalue weighted by Crippen LogP contribution is 2.27. The molecule has 1 N–H and O–H groups in total. The Hall–Kier alpha value is -3.66. The fourth-order valence-corrected chi connectivity index (χ4v) is 2.26. The molecule has 25 heavy (non-hydrogen) atoms. The second kappa shape index (κ2) is 6.84. The number of carbonyl (C=O) groups excluding carboxylic acids is 1. The Balaban J connectivity index is 1.91. The van der Waals surface area contributed by atoms with Gasteiger partial charge in [-0.1, -0.05) is 12.1 Å². The molecule has 0 fully saturated rings. The zero-order valence-corrected chi connectivity index (χ0v) is 13.7. The van der Waals surface area contributed by atoms with E-state index >= 15 is 0 Å². The molecule has 0 unspecified atom stereocenters. The monoisotopic (exact) mass is 333 g/mol. The molecular formula is C18H15N5O2. The number of benzene rings is 1. The van der Waals surface area contributed by atoms with Crippen molar-refractivity contribution in [3.8, 4) is 17.7 Å². The summed E-state index contributed by atoms with van der Waals surface area (Å²) in [5.74, 6) is 0.625. The number of aromatic nitrogens is 3. The maximum Gasteiger partial charge on any atom is 0.264 e. The highest BCUT2D eigenvalue weighted by atomic mass is 16.5. The lowest BCUT2D eigenvalue weighted by atomic mass is 10.1. The number of ether oxygens (including phenoxy) is 1. The molecule has 1 amide bonds. The molecule has 0 saturated carbocycles. The Labute approximate surface area is 144 Å². The predicted octanol–water partition coefficient (Wildman–Crippen LogP) is 2.75. The third-order valence-corrected chi connectivity index (χ3v) is 3.46. The van der Waals surface area contributed by atoms with Gasteiger partial charge in [0.05, 0.1) is 5.39 Å². The first-order valence-electron chi connectivity index (χ1n) is 7.48. The van der Waals surface area contributed by atoms with Crippen LogP contribution in [0, 0.1) is 11.3 Å². The average Bonchev–Trinajstić information content (AvgIpc) is 3.09. The van der Waals surface area contributed by atoms with Gasteiger partial charge in [0.1, 0.15) is 29.4 Å². The van der Waals surface area contributed by atoms with Crippen molar-refractivity contribution in [3.05, 3.63) is 54.0 Å². The number of nitrogens with zero attached hydrogens (tertiary/aromatic N) is 4. The second-order valence-electron chi connectivity index (χ2n) is 5.46. The summed E-state index contributed by atoms with van der Waals surface area (Å²) in [5, 5.41) is 9.96. The Morgan fingerprint density at radius 2 is 2.16 bits per heavy atom. The predicted molar refractivity (Wildman–Crippen MR) is 92.7 cm³/mol. The van der Waals surface area contributed by atoms with E-state index in [1.807, 2.05) is 12.1 Å². The van der Waals surface area contributed by atoms with Crippen molar-refractivity contribution < 1.29 is 9.53 Å². The van der Waals surface area contributed by atoms with Crippen LogP contribution in [-0.2, 0) is 4.79 Å². The highest BCUT2D eigenvalue weighted by molar-refractivity contribution is 6.01. The molecule has 3 rings (SSSR count). The molecule has 2 aromatic heterocycles. The largest absolute Gasteiger partial charge is 0.438 e. The maximum atomic E-state index is 12.0. The Morgan fingerprint density at radius 1 is 1.32 bits per heavy atom. The van der Waals surface area contributed by atoms with Gasteiger partial charge < -0.3 is 14.6 Å². The number of carbonyl (C=O) groups is 1. The summed E-state index contributed by atoms with van der Waals surface area (Å²) in [4.78, 5) is 24.6. The van der Waals surface area contributed by atoms with Crippen LogP contribution in [-0.4, -0.2) is 39.9 Å². The third-order valence-electron chi connectivity index (χ3n) is 3.46. The zero-order chi connectivity index (χ0) is 17.8. The minimum atomic E-state index is -0.348. The number of H-pyrrole nitrogens is 1. The fraction of sp³-hybridized carbons (Fsp3) is 0.111. The molecule has 0 atom stereocenters. The van der Waals surface area contributed by atoms with Gasteiger partial charge in [0.25, 0.3) is 5.91 Å². The summed E-state index contributed by atoms with van der Waals surface area (Å²) in [6.45, 7) is 0. The van der Waals surface area contributed by atoms with Crippen molar-refractivity contribution in [1.29, 1.82) is 5.26 Å². The van der Waals surface area contributed by atoms with Crippen LogP contribution in [0.1, 0.15) is 5.56 Å². The number of amides is 1. The highest BCUT2D eigenvalue weighted by Gasteiger charge is 2.11. The van der Waals surface area contributed by atoms with Gasteiger partial charge in [-0.3, -0.25) is 4.79 Å². The number of likely N-dealkylation sites (N-methyl/N-ethyl adjacent to an activating group) is 1. The van der Waals surface area contributed by atoms with Gasteiger partial charge in [-0.2, -0.15) is 5.26 Å². The zero-order valence-electron chi connectivity index (χ0n) is 13.7. The smallest absolute Gasteiger partial charge is 0.264 e. The SMILES string of the molecule is CN(C)C(=O)/C(C#N)=C/c1cccc(Oc2ncnc3[nH]ccc23)c1. The first-order chi connectivity index (χ1) is 12.1. The topological polar surface area (TPSA) is 94.9 Å². The van der Waals surface area contributed by atoms with Crippen molar-refractivity contribution in [2.75, 3.05) is 14.1 Å². The van der Waals surface area contributed by atoms with Gasteiger partial charge >= 0.3 is 0 Å². The number of hydrogen-bond donors (Lipinski definition) is 1. The summed E-state index contributed by atoms with van der Waals surface area (Å²) >= 11 is 0. The van der Waals surface area contributed by atoms with Gasteiger partial charge in [0, 0.05) is 20.3 Å². The van der Waals surface area contributed by atoms with Crippen LogP contribution >= 0.6 is 0 Å². The van der Waals surface area contributed by atoms with E-state index in [0.29, 0.717) is 22.8 Å². The second-order valence-corrected chi connectivity index (χ2v) is 5.46. The molecule has 2 heterocycles. The van der Waals surface area contributed by atoms with E-state index in [-0.39, 0.29) is 11.5 Å². The minimum absolute atomic E-state index is 0.0530. The lowest BCUT2D eigenvalue weighted by molar-refractivity contribution is -0.124. The van der Waals surface area contributed by atoms with E-state index in [1.54, 1.807) is 44.6 Å². The van der Waals surface area contributed by atoms with Crippen molar-refractivity contribution in [1.82, 2.24) is 19.9 Å². The van der Waals surface area contributed by atoms with Gasteiger partial charge in [-0.15, -0.1) is 0 Å². The molecule has 124 valence electrons. The van der Waals surface area contributed by atoms with E-state index in [0.717, 1.165) is 5.39 Å². The molecule has 7 nitrogen and oxygen atoms in total. The van der Waals surface area contributed by atoms with E-state index in [4.69, 9.17) is 4.74 Å². The summed E-state index contributed by atoms with van der Waals surface area (Å²) in [6.07, 6.45) is 4.71. The third kappa shape index (κ3) is 3.48. The Bertz CT molecular complexity index is 998. The number of rotatable bonds is 4. The number of hydrogen-bond acceptors (Lipinski definition) is 5. The number of fused-ring (bicyclic) bond motifs is 1. The molecule has 0 aliphatic rings. The van der Waals surface area contributed by atoms with E-state index in [1.165, 1.54) is 17.3 Å². The van der Waals surface area contributed by atoms with Crippen molar-refractivity contribution in [3.63, 3.8) is 0 Å². The fourth-order valence-electron chi connectivity index (χ4n) is 2.26. The number of nitriles is 1.